The van der Waals surface area contributed by atoms with Crippen LogP contribution in [0.15, 0.2) is 42.5 Å². The number of aryl methyl sites for hydroxylation is 1. The highest BCUT2D eigenvalue weighted by Gasteiger charge is 2.27. The minimum absolute atomic E-state index is 0.103. The molecule has 3 rings (SSSR count). The number of rotatable bonds is 2. The van der Waals surface area contributed by atoms with Gasteiger partial charge in [-0.3, -0.25) is 0 Å². The lowest BCUT2D eigenvalue weighted by Gasteiger charge is -2.41. The molecule has 0 aliphatic carbocycles. The van der Waals surface area contributed by atoms with E-state index in [1.54, 1.807) is 4.90 Å². The Morgan fingerprint density at radius 3 is 2.44 bits per heavy atom. The molecule has 0 spiro atoms. The summed E-state index contributed by atoms with van der Waals surface area (Å²) >= 11 is 0. The number of urea groups is 1. The number of hydrogen-bond acceptors (Lipinski definition) is 2. The van der Waals surface area contributed by atoms with Gasteiger partial charge in [-0.15, -0.1) is 0 Å². The van der Waals surface area contributed by atoms with Gasteiger partial charge >= 0.3 is 6.03 Å². The maximum Gasteiger partial charge on any atom is 0.322 e. The number of amides is 2. The summed E-state index contributed by atoms with van der Waals surface area (Å²) < 4.78 is 27.4. The van der Waals surface area contributed by atoms with Gasteiger partial charge in [0.05, 0.1) is 0 Å². The van der Waals surface area contributed by atoms with Crippen LogP contribution in [0, 0.1) is 18.6 Å². The van der Waals surface area contributed by atoms with Gasteiger partial charge < -0.3 is 15.1 Å². The molecule has 0 radical (unpaired) electrons. The molecule has 0 bridgehead atoms. The van der Waals surface area contributed by atoms with E-state index in [2.05, 4.69) is 16.3 Å². The van der Waals surface area contributed by atoms with E-state index in [0.717, 1.165) is 17.8 Å². The number of carbonyl (C=O) groups is 1. The molecule has 1 atom stereocenters. The summed E-state index contributed by atoms with van der Waals surface area (Å²) in [6.07, 6.45) is 0. The second-order valence-electron chi connectivity index (χ2n) is 6.35. The van der Waals surface area contributed by atoms with Crippen molar-refractivity contribution in [2.24, 2.45) is 0 Å². The fourth-order valence-corrected chi connectivity index (χ4v) is 3.14. The molecule has 2 aromatic carbocycles. The maximum atomic E-state index is 13.7. The average Bonchev–Trinajstić information content (AvgIpc) is 2.58. The summed E-state index contributed by atoms with van der Waals surface area (Å²) in [7, 11) is 0. The first-order valence-electron chi connectivity index (χ1n) is 8.29. The van der Waals surface area contributed by atoms with Crippen LogP contribution in [0.1, 0.15) is 12.5 Å². The van der Waals surface area contributed by atoms with Crippen LogP contribution in [0.2, 0.25) is 0 Å². The highest BCUT2D eigenvalue weighted by molar-refractivity contribution is 5.89. The molecular weight excluding hydrogens is 324 g/mol. The Bertz CT molecular complexity index is 761. The molecule has 1 heterocycles. The fourth-order valence-electron chi connectivity index (χ4n) is 3.14. The molecule has 1 unspecified atom stereocenters. The van der Waals surface area contributed by atoms with Crippen LogP contribution in [0.3, 0.4) is 0 Å². The summed E-state index contributed by atoms with van der Waals surface area (Å²) in [4.78, 5) is 16.2. The van der Waals surface area contributed by atoms with E-state index in [9.17, 15) is 13.6 Å². The van der Waals surface area contributed by atoms with Crippen LogP contribution in [-0.2, 0) is 0 Å². The van der Waals surface area contributed by atoms with Gasteiger partial charge in [-0.1, -0.05) is 18.2 Å². The van der Waals surface area contributed by atoms with Crippen molar-refractivity contribution in [2.45, 2.75) is 19.9 Å². The zero-order chi connectivity index (χ0) is 18.0. The molecule has 0 saturated carbocycles. The summed E-state index contributed by atoms with van der Waals surface area (Å²) in [5, 5.41) is 2.35. The molecular formula is C19H21F2N3O. The summed E-state index contributed by atoms with van der Waals surface area (Å²) in [6, 6.07) is 11.3. The van der Waals surface area contributed by atoms with Crippen molar-refractivity contribution in [1.82, 2.24) is 4.90 Å². The minimum atomic E-state index is -0.778. The number of hydrogen-bond donors (Lipinski definition) is 1. The van der Waals surface area contributed by atoms with Crippen LogP contribution < -0.4 is 10.2 Å². The largest absolute Gasteiger partial charge is 0.365 e. The van der Waals surface area contributed by atoms with Crippen LogP contribution in [0.4, 0.5) is 25.0 Å². The van der Waals surface area contributed by atoms with Gasteiger partial charge in [0.1, 0.15) is 17.3 Å². The fraction of sp³-hybridized carbons (Fsp3) is 0.316. The van der Waals surface area contributed by atoms with Gasteiger partial charge in [0.2, 0.25) is 0 Å². The molecule has 1 N–H and O–H groups in total. The van der Waals surface area contributed by atoms with Gasteiger partial charge in [-0.05, 0) is 43.7 Å². The normalized spacial score (nSPS) is 17.5. The summed E-state index contributed by atoms with van der Waals surface area (Å²) in [5.74, 6) is -1.56. The van der Waals surface area contributed by atoms with E-state index >= 15 is 0 Å². The number of para-hydroxylation sites is 1. The molecule has 132 valence electrons. The smallest absolute Gasteiger partial charge is 0.322 e. The monoisotopic (exact) mass is 345 g/mol. The molecule has 25 heavy (non-hydrogen) atoms. The third-order valence-corrected chi connectivity index (χ3v) is 4.44. The van der Waals surface area contributed by atoms with Crippen LogP contribution >= 0.6 is 0 Å². The first-order chi connectivity index (χ1) is 12.0. The van der Waals surface area contributed by atoms with E-state index in [1.807, 2.05) is 32.0 Å². The van der Waals surface area contributed by atoms with Crippen molar-refractivity contribution in [2.75, 3.05) is 29.9 Å². The highest BCUT2D eigenvalue weighted by atomic mass is 19.1. The zero-order valence-electron chi connectivity index (χ0n) is 14.3. The third-order valence-electron chi connectivity index (χ3n) is 4.44. The standard InChI is InChI=1S/C19H21F2N3O/c1-13-5-3-6-15(11-13)24-10-9-23(12-14(24)2)19(25)22-18-16(20)7-4-8-17(18)21/h3-8,11,14H,9-10,12H2,1-2H3,(H,22,25). The van der Waals surface area contributed by atoms with E-state index in [0.29, 0.717) is 19.6 Å². The van der Waals surface area contributed by atoms with Gasteiger partial charge in [0.15, 0.2) is 0 Å². The van der Waals surface area contributed by atoms with Gasteiger partial charge in [-0.2, -0.15) is 0 Å². The van der Waals surface area contributed by atoms with Crippen LogP contribution in [-0.4, -0.2) is 36.6 Å². The lowest BCUT2D eigenvalue weighted by atomic mass is 10.1. The predicted octanol–water partition coefficient (Wildman–Crippen LogP) is 4.02. The zero-order valence-corrected chi connectivity index (χ0v) is 14.3. The molecule has 1 saturated heterocycles. The van der Waals surface area contributed by atoms with Crippen LogP contribution in [0.25, 0.3) is 0 Å². The highest BCUT2D eigenvalue weighted by Crippen LogP contribution is 2.23. The number of halogens is 2. The SMILES string of the molecule is Cc1cccc(N2CCN(C(=O)Nc3c(F)cccc3F)CC2C)c1. The lowest BCUT2D eigenvalue weighted by Crippen LogP contribution is -2.54. The molecule has 0 aromatic heterocycles. The van der Waals surface area contributed by atoms with Crippen LogP contribution in [0.5, 0.6) is 0 Å². The number of anilines is 2. The second-order valence-corrected chi connectivity index (χ2v) is 6.35. The van der Waals surface area contributed by atoms with E-state index in [4.69, 9.17) is 0 Å². The lowest BCUT2D eigenvalue weighted by molar-refractivity contribution is 0.200. The Labute approximate surface area is 146 Å². The van der Waals surface area contributed by atoms with Gasteiger partial charge in [0.25, 0.3) is 0 Å². The first kappa shape index (κ1) is 17.2. The third kappa shape index (κ3) is 3.73. The van der Waals surface area contributed by atoms with Crippen molar-refractivity contribution in [3.63, 3.8) is 0 Å². The topological polar surface area (TPSA) is 35.6 Å². The molecule has 4 nitrogen and oxygen atoms in total. The second kappa shape index (κ2) is 7.09. The van der Waals surface area contributed by atoms with E-state index < -0.39 is 23.4 Å². The number of nitrogens with zero attached hydrogens (tertiary/aromatic N) is 2. The minimum Gasteiger partial charge on any atom is -0.365 e. The van der Waals surface area contributed by atoms with Crippen molar-refractivity contribution in [3.8, 4) is 0 Å². The van der Waals surface area contributed by atoms with E-state index in [1.165, 1.54) is 11.6 Å². The predicted molar refractivity (Wildman–Crippen MR) is 94.9 cm³/mol. The average molecular weight is 345 g/mol. The Balaban J connectivity index is 1.67. The Kier molecular flexibility index (Phi) is 4.88. The van der Waals surface area contributed by atoms with Crippen molar-refractivity contribution < 1.29 is 13.6 Å². The summed E-state index contributed by atoms with van der Waals surface area (Å²) in [5.41, 5.74) is 1.90. The molecule has 1 aliphatic heterocycles. The summed E-state index contributed by atoms with van der Waals surface area (Å²) in [6.45, 7) is 5.71. The van der Waals surface area contributed by atoms with Crippen molar-refractivity contribution in [1.29, 1.82) is 0 Å². The molecule has 1 aliphatic rings. The Morgan fingerprint density at radius 2 is 1.80 bits per heavy atom. The van der Waals surface area contributed by atoms with Crippen molar-refractivity contribution >= 4 is 17.4 Å². The van der Waals surface area contributed by atoms with Gasteiger partial charge in [-0.25, -0.2) is 13.6 Å². The number of piperazine rings is 1. The number of carbonyl (C=O) groups excluding carboxylic acids is 1. The molecule has 6 heteroatoms. The first-order valence-corrected chi connectivity index (χ1v) is 8.29. The maximum absolute atomic E-state index is 13.7. The van der Waals surface area contributed by atoms with Gasteiger partial charge in [0, 0.05) is 31.4 Å². The molecule has 2 aromatic rings. The quantitative estimate of drug-likeness (QED) is 0.892. The Morgan fingerprint density at radius 1 is 1.12 bits per heavy atom. The van der Waals surface area contributed by atoms with E-state index in [-0.39, 0.29) is 6.04 Å². The molecule has 1 fully saturated rings. The van der Waals surface area contributed by atoms with Crippen molar-refractivity contribution in [3.05, 3.63) is 59.7 Å². The number of nitrogens with one attached hydrogen (secondary N) is 1. The number of benzene rings is 2. The Hall–Kier alpha value is -2.63. The molecule has 2 amide bonds.